The van der Waals surface area contributed by atoms with E-state index in [4.69, 9.17) is 0 Å². The highest BCUT2D eigenvalue weighted by atomic mass is 16.3. The minimum Gasteiger partial charge on any atom is -0.504 e. The van der Waals surface area contributed by atoms with Crippen molar-refractivity contribution in [2.45, 2.75) is 37.8 Å². The lowest BCUT2D eigenvalue weighted by atomic mass is 9.77. The first-order chi connectivity index (χ1) is 15.5. The Balaban J connectivity index is 0.000000154. The van der Waals surface area contributed by atoms with Crippen LogP contribution in [0.25, 0.3) is 11.1 Å². The molecule has 2 aliphatic heterocycles. The fraction of sp³-hybridized carbons (Fsp3) is 0.370. The van der Waals surface area contributed by atoms with E-state index >= 15 is 0 Å². The number of likely N-dealkylation sites (tertiary alicyclic amines) is 1. The summed E-state index contributed by atoms with van der Waals surface area (Å²) in [6, 6.07) is 15.0. The predicted molar refractivity (Wildman–Crippen MR) is 127 cm³/mol. The van der Waals surface area contributed by atoms with E-state index in [1.54, 1.807) is 6.07 Å². The van der Waals surface area contributed by atoms with Crippen LogP contribution in [-0.2, 0) is 12.8 Å². The molecule has 5 heteroatoms. The maximum atomic E-state index is 10.3. The molecule has 0 spiro atoms. The second-order valence-electron chi connectivity index (χ2n) is 9.22. The molecule has 1 unspecified atom stereocenters. The largest absolute Gasteiger partial charge is 0.504 e. The summed E-state index contributed by atoms with van der Waals surface area (Å²) in [5, 5.41) is 20.1. The highest BCUT2D eigenvalue weighted by Crippen LogP contribution is 2.49. The number of rotatable bonds is 1. The van der Waals surface area contributed by atoms with E-state index in [9.17, 15) is 10.2 Å². The summed E-state index contributed by atoms with van der Waals surface area (Å²) in [6.45, 7) is 2.29. The van der Waals surface area contributed by atoms with E-state index in [0.717, 1.165) is 36.1 Å². The summed E-state index contributed by atoms with van der Waals surface area (Å²) < 4.78 is 0. The molecule has 0 bridgehead atoms. The van der Waals surface area contributed by atoms with Gasteiger partial charge in [-0.1, -0.05) is 30.3 Å². The Kier molecular flexibility index (Phi) is 5.62. The van der Waals surface area contributed by atoms with Crippen LogP contribution in [0, 0.1) is 0 Å². The zero-order valence-corrected chi connectivity index (χ0v) is 18.8. The van der Waals surface area contributed by atoms with E-state index in [1.165, 1.54) is 36.1 Å². The highest BCUT2D eigenvalue weighted by molar-refractivity contribution is 5.82. The molecule has 1 saturated heterocycles. The number of hydrogen-bond donors (Lipinski definition) is 2. The summed E-state index contributed by atoms with van der Waals surface area (Å²) >= 11 is 0. The molecule has 0 radical (unpaired) electrons. The van der Waals surface area contributed by atoms with E-state index in [0.29, 0.717) is 12.1 Å². The molecule has 3 aliphatic rings. The van der Waals surface area contributed by atoms with Crippen molar-refractivity contribution in [3.63, 3.8) is 0 Å². The molecule has 6 rings (SSSR count). The third kappa shape index (κ3) is 3.65. The average Bonchev–Trinajstić information content (AvgIpc) is 3.25. The van der Waals surface area contributed by atoms with Gasteiger partial charge < -0.3 is 10.2 Å². The highest BCUT2D eigenvalue weighted by Gasteiger charge is 2.34. The molecular weight excluding hydrogens is 398 g/mol. The van der Waals surface area contributed by atoms with Crippen molar-refractivity contribution in [2.24, 2.45) is 0 Å². The first-order valence-electron chi connectivity index (χ1n) is 11.5. The lowest BCUT2D eigenvalue weighted by Gasteiger charge is -2.39. The van der Waals surface area contributed by atoms with Gasteiger partial charge in [-0.15, -0.1) is 0 Å². The van der Waals surface area contributed by atoms with Crippen molar-refractivity contribution in [3.8, 4) is 22.6 Å². The Bertz CT molecular complexity index is 1120. The fourth-order valence-corrected chi connectivity index (χ4v) is 5.58. The molecular formula is C27H31N3O2. The Morgan fingerprint density at radius 1 is 0.906 bits per heavy atom. The summed E-state index contributed by atoms with van der Waals surface area (Å²) in [7, 11) is 4.35. The van der Waals surface area contributed by atoms with Crippen LogP contribution in [0.3, 0.4) is 0 Å². The molecule has 32 heavy (non-hydrogen) atoms. The van der Waals surface area contributed by atoms with Gasteiger partial charge in [0.05, 0.1) is 0 Å². The number of nitrogens with zero attached hydrogens (tertiary/aromatic N) is 3. The Hall–Kier alpha value is -2.89. The lowest BCUT2D eigenvalue weighted by Crippen LogP contribution is -2.35. The second kappa shape index (κ2) is 8.57. The lowest BCUT2D eigenvalue weighted by molar-refractivity contribution is 0.228. The van der Waals surface area contributed by atoms with Crippen LogP contribution < -0.4 is 0 Å². The molecule has 3 heterocycles. The summed E-state index contributed by atoms with van der Waals surface area (Å²) in [5.74, 6) is -0.0217. The fourth-order valence-electron chi connectivity index (χ4n) is 5.58. The van der Waals surface area contributed by atoms with Crippen molar-refractivity contribution in [3.05, 3.63) is 77.1 Å². The zero-order valence-electron chi connectivity index (χ0n) is 18.8. The van der Waals surface area contributed by atoms with Crippen molar-refractivity contribution < 1.29 is 10.2 Å². The monoisotopic (exact) mass is 429 g/mol. The summed E-state index contributed by atoms with van der Waals surface area (Å²) in [6.07, 6.45) is 8.35. The summed E-state index contributed by atoms with van der Waals surface area (Å²) in [5.41, 5.74) is 7.07. The van der Waals surface area contributed by atoms with Gasteiger partial charge in [0.1, 0.15) is 0 Å². The molecule has 5 nitrogen and oxygen atoms in total. The van der Waals surface area contributed by atoms with Gasteiger partial charge in [0, 0.05) is 36.6 Å². The van der Waals surface area contributed by atoms with Gasteiger partial charge in [-0.05, 0) is 86.3 Å². The van der Waals surface area contributed by atoms with Gasteiger partial charge in [0.2, 0.25) is 0 Å². The minimum absolute atomic E-state index is 0.0163. The van der Waals surface area contributed by atoms with Gasteiger partial charge in [-0.3, -0.25) is 14.8 Å². The first-order valence-corrected chi connectivity index (χ1v) is 11.5. The van der Waals surface area contributed by atoms with E-state index in [1.807, 2.05) is 24.5 Å². The van der Waals surface area contributed by atoms with Gasteiger partial charge in [-0.2, -0.15) is 0 Å². The topological polar surface area (TPSA) is 59.8 Å². The van der Waals surface area contributed by atoms with Crippen LogP contribution >= 0.6 is 0 Å². The van der Waals surface area contributed by atoms with E-state index < -0.39 is 0 Å². The Labute approximate surface area is 190 Å². The van der Waals surface area contributed by atoms with Gasteiger partial charge >= 0.3 is 0 Å². The minimum atomic E-state index is -0.0380. The Morgan fingerprint density at radius 3 is 2.50 bits per heavy atom. The van der Waals surface area contributed by atoms with Crippen LogP contribution in [0.1, 0.15) is 47.2 Å². The van der Waals surface area contributed by atoms with Crippen LogP contribution in [-0.4, -0.2) is 52.2 Å². The van der Waals surface area contributed by atoms with Gasteiger partial charge in [0.15, 0.2) is 11.5 Å². The van der Waals surface area contributed by atoms with Crippen LogP contribution in [0.5, 0.6) is 11.5 Å². The van der Waals surface area contributed by atoms with E-state index in [2.05, 4.69) is 53.1 Å². The number of pyridine rings is 1. The quantitative estimate of drug-likeness (QED) is 0.549. The molecule has 1 aromatic heterocycles. The molecule has 2 N–H and O–H groups in total. The number of fused-ring (bicyclic) bond motifs is 2. The van der Waals surface area contributed by atoms with Crippen LogP contribution in [0.15, 0.2) is 54.9 Å². The Morgan fingerprint density at radius 2 is 1.75 bits per heavy atom. The van der Waals surface area contributed by atoms with Crippen molar-refractivity contribution in [2.75, 3.05) is 27.2 Å². The number of aromatic nitrogens is 1. The smallest absolute Gasteiger partial charge is 0.165 e. The maximum Gasteiger partial charge on any atom is 0.165 e. The maximum absolute atomic E-state index is 10.3. The third-order valence-corrected chi connectivity index (χ3v) is 7.31. The first kappa shape index (κ1) is 21.0. The predicted octanol–water partition coefficient (Wildman–Crippen LogP) is 4.70. The average molecular weight is 430 g/mol. The molecule has 1 aliphatic carbocycles. The molecule has 0 saturated carbocycles. The van der Waals surface area contributed by atoms with Crippen molar-refractivity contribution in [1.29, 1.82) is 0 Å². The second-order valence-corrected chi connectivity index (χ2v) is 9.22. The molecule has 0 amide bonds. The standard InChI is InChI=1S/C17H17NO2.C10H14N2/c1-18-8-7-10-3-2-4-12-15(10)13(18)9-11-5-6-14(19)17(20)16(11)12;1-12-7-3-5-10(12)9-4-2-6-11-8-9/h2-6,13,19-20H,7-9H2,1H3;2,4,6,8,10H,3,5,7H2,1H3/t13-;/m1./s1. The number of likely N-dealkylation sites (N-methyl/N-ethyl adjacent to an activating group) is 1. The number of phenolic OH excluding ortho intramolecular Hbond substituents is 2. The zero-order chi connectivity index (χ0) is 22.2. The summed E-state index contributed by atoms with van der Waals surface area (Å²) in [4.78, 5) is 8.92. The molecule has 1 fully saturated rings. The van der Waals surface area contributed by atoms with E-state index in [-0.39, 0.29) is 11.5 Å². The number of benzene rings is 2. The van der Waals surface area contributed by atoms with Crippen molar-refractivity contribution in [1.82, 2.24) is 14.8 Å². The van der Waals surface area contributed by atoms with Gasteiger partial charge in [-0.25, -0.2) is 0 Å². The molecule has 3 aromatic rings. The normalized spacial score (nSPS) is 21.9. The van der Waals surface area contributed by atoms with Crippen molar-refractivity contribution >= 4 is 0 Å². The number of hydrogen-bond acceptors (Lipinski definition) is 5. The van der Waals surface area contributed by atoms with Crippen LogP contribution in [0.2, 0.25) is 0 Å². The number of aromatic hydroxyl groups is 2. The van der Waals surface area contributed by atoms with Crippen LogP contribution in [0.4, 0.5) is 0 Å². The molecule has 2 aromatic carbocycles. The number of phenols is 2. The SMILES string of the molecule is CN1CCCC1c1cccnc1.CN1CCc2cccc3c2[C@H]1Cc1ccc(O)c(O)c1-3. The molecule has 166 valence electrons. The van der Waals surface area contributed by atoms with Gasteiger partial charge in [0.25, 0.3) is 0 Å². The molecule has 2 atom stereocenters. The third-order valence-electron chi connectivity index (χ3n) is 7.31.